The van der Waals surface area contributed by atoms with Crippen LogP contribution < -0.4 is 4.74 Å². The van der Waals surface area contributed by atoms with Crippen molar-refractivity contribution in [1.82, 2.24) is 9.97 Å². The van der Waals surface area contributed by atoms with Crippen molar-refractivity contribution in [1.29, 1.82) is 0 Å². The Hall–Kier alpha value is -1.32. The van der Waals surface area contributed by atoms with Gasteiger partial charge in [-0.1, -0.05) is 41.4 Å². The minimum absolute atomic E-state index is 0.389. The minimum Gasteiger partial charge on any atom is -0.496 e. The zero-order chi connectivity index (χ0) is 13.1. The van der Waals surface area contributed by atoms with Crippen molar-refractivity contribution in [3.05, 3.63) is 51.5 Å². The maximum atomic E-state index is 5.99. The quantitative estimate of drug-likeness (QED) is 0.806. The molecule has 18 heavy (non-hydrogen) atoms. The van der Waals surface area contributed by atoms with E-state index < -0.39 is 0 Å². The van der Waals surface area contributed by atoms with E-state index >= 15 is 0 Å². The molecule has 1 aromatic carbocycles. The topological polar surface area (TPSA) is 35.0 Å². The van der Waals surface area contributed by atoms with Gasteiger partial charge in [0.25, 0.3) is 0 Å². The first-order chi connectivity index (χ1) is 8.61. The molecule has 2 rings (SSSR count). The number of halogens is 2. The molecule has 0 aliphatic heterocycles. The van der Waals surface area contributed by atoms with E-state index in [0.717, 1.165) is 11.3 Å². The molecule has 0 N–H and O–H groups in total. The Balaban J connectivity index is 2.34. The van der Waals surface area contributed by atoms with Crippen molar-refractivity contribution in [2.24, 2.45) is 0 Å². The number of rotatable bonds is 3. The van der Waals surface area contributed by atoms with Crippen molar-refractivity contribution in [2.75, 3.05) is 7.11 Å². The molecule has 5 heteroatoms. The lowest BCUT2D eigenvalue weighted by Crippen LogP contribution is -2.01. The first-order valence-electron chi connectivity index (χ1n) is 5.42. The number of hydrogen-bond acceptors (Lipinski definition) is 3. The van der Waals surface area contributed by atoms with E-state index in [1.165, 1.54) is 0 Å². The van der Waals surface area contributed by atoms with Gasteiger partial charge in [-0.3, -0.25) is 0 Å². The van der Waals surface area contributed by atoms with E-state index in [1.807, 2.05) is 24.3 Å². The molecule has 1 heterocycles. The van der Waals surface area contributed by atoms with Crippen LogP contribution in [0.2, 0.25) is 10.3 Å². The van der Waals surface area contributed by atoms with Crippen molar-refractivity contribution < 1.29 is 4.74 Å². The standard InChI is InChI=1S/C13H12Cl2N2O/c1-8-12(14)16-11(17-13(8)15)7-9-5-3-4-6-10(9)18-2/h3-6H,7H2,1-2H3. The number of benzene rings is 1. The van der Waals surface area contributed by atoms with Crippen LogP contribution in [-0.4, -0.2) is 17.1 Å². The van der Waals surface area contributed by atoms with Crippen LogP contribution in [0.4, 0.5) is 0 Å². The van der Waals surface area contributed by atoms with Gasteiger partial charge in [0.2, 0.25) is 0 Å². The minimum atomic E-state index is 0.389. The molecule has 0 aliphatic rings. The first kappa shape index (κ1) is 13.1. The number of para-hydroxylation sites is 1. The average Bonchev–Trinajstić information content (AvgIpc) is 2.36. The molecule has 0 aliphatic carbocycles. The highest BCUT2D eigenvalue weighted by atomic mass is 35.5. The highest BCUT2D eigenvalue weighted by Crippen LogP contribution is 2.23. The van der Waals surface area contributed by atoms with E-state index in [0.29, 0.717) is 28.1 Å². The smallest absolute Gasteiger partial charge is 0.137 e. The van der Waals surface area contributed by atoms with Crippen LogP contribution >= 0.6 is 23.2 Å². The lowest BCUT2D eigenvalue weighted by Gasteiger charge is -2.08. The lowest BCUT2D eigenvalue weighted by atomic mass is 10.1. The molecule has 0 atom stereocenters. The predicted octanol–water partition coefficient (Wildman–Crippen LogP) is 3.69. The van der Waals surface area contributed by atoms with Gasteiger partial charge in [0.1, 0.15) is 21.9 Å². The third kappa shape index (κ3) is 2.74. The molecule has 0 radical (unpaired) electrons. The third-order valence-corrected chi connectivity index (χ3v) is 3.35. The molecular formula is C13H12Cl2N2O. The molecule has 0 bridgehead atoms. The molecule has 0 saturated carbocycles. The summed E-state index contributed by atoms with van der Waals surface area (Å²) in [5, 5.41) is 0.778. The molecule has 0 fully saturated rings. The van der Waals surface area contributed by atoms with Crippen molar-refractivity contribution in [2.45, 2.75) is 13.3 Å². The number of nitrogens with zero attached hydrogens (tertiary/aromatic N) is 2. The van der Waals surface area contributed by atoms with Gasteiger partial charge in [0.05, 0.1) is 7.11 Å². The molecule has 94 valence electrons. The molecule has 0 spiro atoms. The van der Waals surface area contributed by atoms with Crippen molar-refractivity contribution in [3.8, 4) is 5.75 Å². The zero-order valence-electron chi connectivity index (χ0n) is 10.1. The predicted molar refractivity (Wildman–Crippen MR) is 72.6 cm³/mol. The Morgan fingerprint density at radius 1 is 1.11 bits per heavy atom. The summed E-state index contributed by atoms with van der Waals surface area (Å²) in [6.07, 6.45) is 0.531. The van der Waals surface area contributed by atoms with Crippen molar-refractivity contribution in [3.63, 3.8) is 0 Å². The number of hydrogen-bond donors (Lipinski definition) is 0. The summed E-state index contributed by atoms with van der Waals surface area (Å²) in [6, 6.07) is 7.71. The third-order valence-electron chi connectivity index (χ3n) is 2.61. The van der Waals surface area contributed by atoms with Crippen LogP contribution in [0, 0.1) is 6.92 Å². The fraction of sp³-hybridized carbons (Fsp3) is 0.231. The second-order valence-electron chi connectivity index (χ2n) is 3.84. The second kappa shape index (κ2) is 5.55. The summed E-state index contributed by atoms with van der Waals surface area (Å²) in [6.45, 7) is 1.79. The Morgan fingerprint density at radius 3 is 2.33 bits per heavy atom. The summed E-state index contributed by atoms with van der Waals surface area (Å²) < 4.78 is 5.28. The van der Waals surface area contributed by atoms with Gasteiger partial charge in [0.15, 0.2) is 0 Å². The van der Waals surface area contributed by atoms with Crippen LogP contribution in [-0.2, 0) is 6.42 Å². The molecule has 2 aromatic rings. The van der Waals surface area contributed by atoms with Crippen LogP contribution in [0.5, 0.6) is 5.75 Å². The van der Waals surface area contributed by atoms with Gasteiger partial charge in [0, 0.05) is 17.5 Å². The Morgan fingerprint density at radius 2 is 1.72 bits per heavy atom. The molecule has 0 unspecified atom stereocenters. The van der Waals surface area contributed by atoms with Gasteiger partial charge >= 0.3 is 0 Å². The van der Waals surface area contributed by atoms with Crippen LogP contribution in [0.3, 0.4) is 0 Å². The zero-order valence-corrected chi connectivity index (χ0v) is 11.6. The van der Waals surface area contributed by atoms with Gasteiger partial charge in [-0.25, -0.2) is 9.97 Å². The van der Waals surface area contributed by atoms with Crippen LogP contribution in [0.1, 0.15) is 17.0 Å². The molecule has 3 nitrogen and oxygen atoms in total. The normalized spacial score (nSPS) is 10.4. The van der Waals surface area contributed by atoms with Crippen molar-refractivity contribution >= 4 is 23.2 Å². The first-order valence-corrected chi connectivity index (χ1v) is 6.18. The SMILES string of the molecule is COc1ccccc1Cc1nc(Cl)c(C)c(Cl)n1. The maximum Gasteiger partial charge on any atom is 0.137 e. The molecule has 0 amide bonds. The Kier molecular flexibility index (Phi) is 4.04. The maximum absolute atomic E-state index is 5.99. The molecule has 0 saturated heterocycles. The highest BCUT2D eigenvalue weighted by Gasteiger charge is 2.10. The Labute approximate surface area is 116 Å². The van der Waals surface area contributed by atoms with E-state index in [1.54, 1.807) is 14.0 Å². The van der Waals surface area contributed by atoms with E-state index in [2.05, 4.69) is 9.97 Å². The Bertz CT molecular complexity index is 550. The summed E-state index contributed by atoms with van der Waals surface area (Å²) >= 11 is 12.0. The van der Waals surface area contributed by atoms with E-state index in [-0.39, 0.29) is 0 Å². The van der Waals surface area contributed by atoms with Gasteiger partial charge in [-0.2, -0.15) is 0 Å². The van der Waals surface area contributed by atoms with Crippen LogP contribution in [0.25, 0.3) is 0 Å². The fourth-order valence-corrected chi connectivity index (χ4v) is 2.03. The summed E-state index contributed by atoms with van der Waals surface area (Å²) in [7, 11) is 1.63. The highest BCUT2D eigenvalue weighted by molar-refractivity contribution is 6.34. The van der Waals surface area contributed by atoms with Gasteiger partial charge in [-0.05, 0) is 13.0 Å². The average molecular weight is 283 g/mol. The summed E-state index contributed by atoms with van der Waals surface area (Å²) in [4.78, 5) is 8.44. The fourth-order valence-electron chi connectivity index (χ4n) is 1.60. The monoisotopic (exact) mass is 282 g/mol. The number of ether oxygens (including phenoxy) is 1. The summed E-state index contributed by atoms with van der Waals surface area (Å²) in [5.74, 6) is 1.38. The molecular weight excluding hydrogens is 271 g/mol. The number of aromatic nitrogens is 2. The van der Waals surface area contributed by atoms with E-state index in [9.17, 15) is 0 Å². The number of methoxy groups -OCH3 is 1. The largest absolute Gasteiger partial charge is 0.496 e. The van der Waals surface area contributed by atoms with Gasteiger partial charge in [-0.15, -0.1) is 0 Å². The van der Waals surface area contributed by atoms with Crippen LogP contribution in [0.15, 0.2) is 24.3 Å². The summed E-state index contributed by atoms with van der Waals surface area (Å²) in [5.41, 5.74) is 1.69. The second-order valence-corrected chi connectivity index (χ2v) is 4.55. The van der Waals surface area contributed by atoms with Gasteiger partial charge < -0.3 is 4.74 Å². The lowest BCUT2D eigenvalue weighted by molar-refractivity contribution is 0.410. The van der Waals surface area contributed by atoms with E-state index in [4.69, 9.17) is 27.9 Å². The molecule has 1 aromatic heterocycles.